The summed E-state index contributed by atoms with van der Waals surface area (Å²) in [6, 6.07) is 5.38. The average molecular weight is 314 g/mol. The van der Waals surface area contributed by atoms with Crippen molar-refractivity contribution in [3.8, 4) is 5.75 Å². The van der Waals surface area contributed by atoms with E-state index in [2.05, 4.69) is 36.6 Å². The van der Waals surface area contributed by atoms with E-state index in [9.17, 15) is 5.11 Å². The highest BCUT2D eigenvalue weighted by Crippen LogP contribution is 2.55. The number of anilines is 1. The molecule has 2 fully saturated rings. The van der Waals surface area contributed by atoms with E-state index in [4.69, 9.17) is 0 Å². The third-order valence-electron chi connectivity index (χ3n) is 6.77. The Balaban J connectivity index is 1.77. The van der Waals surface area contributed by atoms with Crippen LogP contribution in [-0.2, 0) is 11.8 Å². The van der Waals surface area contributed by atoms with E-state index in [1.807, 2.05) is 0 Å². The third-order valence-corrected chi connectivity index (χ3v) is 6.77. The number of rotatable bonds is 3. The van der Waals surface area contributed by atoms with Crippen molar-refractivity contribution in [2.75, 3.05) is 11.9 Å². The Kier molecular flexibility index (Phi) is 3.79. The minimum atomic E-state index is 0.328. The second kappa shape index (κ2) is 5.70. The summed E-state index contributed by atoms with van der Waals surface area (Å²) in [5.41, 5.74) is 4.17. The molecule has 1 aromatic carbocycles. The van der Waals surface area contributed by atoms with Gasteiger partial charge in [0.2, 0.25) is 0 Å². The highest BCUT2D eigenvalue weighted by atomic mass is 16.3. The van der Waals surface area contributed by atoms with Crippen molar-refractivity contribution in [2.45, 2.75) is 76.3 Å². The Hall–Kier alpha value is -1.22. The smallest absolute Gasteiger partial charge is 0.138 e. The molecule has 0 aromatic heterocycles. The number of hydrogen-bond donors (Lipinski definition) is 3. The Bertz CT molecular complexity index is 596. The highest BCUT2D eigenvalue weighted by molar-refractivity contribution is 5.62. The predicted molar refractivity (Wildman–Crippen MR) is 95.2 cm³/mol. The SMILES string of the molecule is CCC(C)Nc1cc2c(cc1O)[C@]13CCCC[C@@H]1[C@H](C2)NCC3. The first kappa shape index (κ1) is 15.3. The van der Waals surface area contributed by atoms with Gasteiger partial charge in [0.05, 0.1) is 5.69 Å². The van der Waals surface area contributed by atoms with Crippen LogP contribution < -0.4 is 10.6 Å². The third kappa shape index (κ3) is 2.36. The van der Waals surface area contributed by atoms with Crippen LogP contribution in [0, 0.1) is 5.92 Å². The summed E-state index contributed by atoms with van der Waals surface area (Å²) in [7, 11) is 0. The summed E-state index contributed by atoms with van der Waals surface area (Å²) in [4.78, 5) is 0. The lowest BCUT2D eigenvalue weighted by Gasteiger charge is -2.56. The molecule has 0 radical (unpaired) electrons. The zero-order valence-corrected chi connectivity index (χ0v) is 14.5. The molecule has 3 N–H and O–H groups in total. The molecule has 1 saturated carbocycles. The molecule has 23 heavy (non-hydrogen) atoms. The van der Waals surface area contributed by atoms with E-state index in [1.165, 1.54) is 43.2 Å². The monoisotopic (exact) mass is 314 g/mol. The van der Waals surface area contributed by atoms with E-state index < -0.39 is 0 Å². The van der Waals surface area contributed by atoms with Gasteiger partial charge in [0, 0.05) is 17.5 Å². The molecule has 0 spiro atoms. The molecule has 2 bridgehead atoms. The van der Waals surface area contributed by atoms with Crippen LogP contribution in [0.1, 0.15) is 63.5 Å². The molecule has 4 rings (SSSR count). The number of hydrogen-bond acceptors (Lipinski definition) is 3. The summed E-state index contributed by atoms with van der Waals surface area (Å²) in [5, 5.41) is 17.9. The molecular weight excluding hydrogens is 284 g/mol. The Labute approximate surface area is 139 Å². The van der Waals surface area contributed by atoms with Crippen LogP contribution in [0.4, 0.5) is 5.69 Å². The second-order valence-electron chi connectivity index (χ2n) is 8.00. The molecule has 1 saturated heterocycles. The highest BCUT2D eigenvalue weighted by Gasteiger charge is 2.51. The summed E-state index contributed by atoms with van der Waals surface area (Å²) >= 11 is 0. The molecule has 3 nitrogen and oxygen atoms in total. The van der Waals surface area contributed by atoms with Crippen molar-refractivity contribution in [1.82, 2.24) is 5.32 Å². The van der Waals surface area contributed by atoms with E-state index >= 15 is 0 Å². The van der Waals surface area contributed by atoms with Gasteiger partial charge in [-0.05, 0) is 74.8 Å². The molecule has 1 aliphatic heterocycles. The summed E-state index contributed by atoms with van der Waals surface area (Å²) in [6.45, 7) is 5.48. The van der Waals surface area contributed by atoms with Crippen LogP contribution in [0.25, 0.3) is 0 Å². The van der Waals surface area contributed by atoms with Crippen LogP contribution in [0.15, 0.2) is 12.1 Å². The number of nitrogens with one attached hydrogen (secondary N) is 2. The van der Waals surface area contributed by atoms with Crippen LogP contribution >= 0.6 is 0 Å². The number of piperidine rings is 1. The molecule has 4 atom stereocenters. The first-order valence-electron chi connectivity index (χ1n) is 9.50. The summed E-state index contributed by atoms with van der Waals surface area (Å²) in [5.74, 6) is 1.21. The molecule has 1 aromatic rings. The van der Waals surface area contributed by atoms with Gasteiger partial charge in [0.1, 0.15) is 5.75 Å². The molecule has 1 unspecified atom stereocenters. The topological polar surface area (TPSA) is 44.3 Å². The van der Waals surface area contributed by atoms with Gasteiger partial charge in [0.25, 0.3) is 0 Å². The van der Waals surface area contributed by atoms with Crippen molar-refractivity contribution in [3.05, 3.63) is 23.3 Å². The van der Waals surface area contributed by atoms with Gasteiger partial charge in [-0.25, -0.2) is 0 Å². The Morgan fingerprint density at radius 1 is 1.35 bits per heavy atom. The van der Waals surface area contributed by atoms with E-state index in [0.29, 0.717) is 23.2 Å². The van der Waals surface area contributed by atoms with Crippen LogP contribution in [0.5, 0.6) is 5.75 Å². The van der Waals surface area contributed by atoms with Crippen molar-refractivity contribution in [1.29, 1.82) is 0 Å². The second-order valence-corrected chi connectivity index (χ2v) is 8.00. The van der Waals surface area contributed by atoms with E-state index in [0.717, 1.165) is 31.0 Å². The van der Waals surface area contributed by atoms with Crippen LogP contribution in [-0.4, -0.2) is 23.7 Å². The standard InChI is InChI=1S/C20H30N2O/c1-3-13(2)22-18-11-14-10-17-15-6-4-5-7-20(15,8-9-21-17)16(14)12-19(18)23/h11-13,15,17,21-23H,3-10H2,1-2H3/t13?,15-,17+,20+/m1/s1. The average Bonchev–Trinajstić information content (AvgIpc) is 2.56. The number of aromatic hydroxyl groups is 1. The fourth-order valence-electron chi connectivity index (χ4n) is 5.45. The first-order chi connectivity index (χ1) is 11.1. The molecule has 2 aliphatic carbocycles. The summed E-state index contributed by atoms with van der Waals surface area (Å²) < 4.78 is 0. The molecule has 1 heterocycles. The quantitative estimate of drug-likeness (QED) is 0.740. The predicted octanol–water partition coefficient (Wildman–Crippen LogP) is 3.95. The number of phenols is 1. The maximum Gasteiger partial charge on any atom is 0.138 e. The van der Waals surface area contributed by atoms with Crippen molar-refractivity contribution < 1.29 is 5.11 Å². The fraction of sp³-hybridized carbons (Fsp3) is 0.700. The van der Waals surface area contributed by atoms with Gasteiger partial charge in [-0.3, -0.25) is 0 Å². The molecule has 3 aliphatic rings. The molecule has 126 valence electrons. The Morgan fingerprint density at radius 2 is 2.22 bits per heavy atom. The van der Waals surface area contributed by atoms with Crippen molar-refractivity contribution in [2.24, 2.45) is 5.92 Å². The minimum Gasteiger partial charge on any atom is -0.506 e. The molecular formula is C20H30N2O. The van der Waals surface area contributed by atoms with Gasteiger partial charge in [-0.15, -0.1) is 0 Å². The largest absolute Gasteiger partial charge is 0.506 e. The van der Waals surface area contributed by atoms with Crippen LogP contribution in [0.3, 0.4) is 0 Å². The lowest BCUT2D eigenvalue weighted by atomic mass is 9.53. The zero-order valence-electron chi connectivity index (χ0n) is 14.5. The number of fused-ring (bicyclic) bond motifs is 1. The molecule has 0 amide bonds. The fourth-order valence-corrected chi connectivity index (χ4v) is 5.45. The first-order valence-corrected chi connectivity index (χ1v) is 9.50. The maximum atomic E-state index is 10.6. The van der Waals surface area contributed by atoms with Crippen molar-refractivity contribution in [3.63, 3.8) is 0 Å². The van der Waals surface area contributed by atoms with E-state index in [-0.39, 0.29) is 0 Å². The lowest BCUT2D eigenvalue weighted by Crippen LogP contribution is -2.59. The van der Waals surface area contributed by atoms with Gasteiger partial charge >= 0.3 is 0 Å². The van der Waals surface area contributed by atoms with Gasteiger partial charge in [-0.1, -0.05) is 19.8 Å². The van der Waals surface area contributed by atoms with Crippen LogP contribution in [0.2, 0.25) is 0 Å². The van der Waals surface area contributed by atoms with Gasteiger partial charge in [-0.2, -0.15) is 0 Å². The minimum absolute atomic E-state index is 0.328. The number of phenolic OH excluding ortho intramolecular Hbond substituents is 1. The summed E-state index contributed by atoms with van der Waals surface area (Å²) in [6.07, 6.45) is 8.80. The lowest BCUT2D eigenvalue weighted by molar-refractivity contribution is 0.0796. The molecule has 3 heteroatoms. The maximum absolute atomic E-state index is 10.6. The Morgan fingerprint density at radius 3 is 3.04 bits per heavy atom. The van der Waals surface area contributed by atoms with Crippen molar-refractivity contribution >= 4 is 5.69 Å². The van der Waals surface area contributed by atoms with Gasteiger partial charge < -0.3 is 15.7 Å². The van der Waals surface area contributed by atoms with Gasteiger partial charge in [0.15, 0.2) is 0 Å². The van der Waals surface area contributed by atoms with E-state index in [1.54, 1.807) is 0 Å². The zero-order chi connectivity index (χ0) is 16.0. The normalized spacial score (nSPS) is 33.5. The number of benzene rings is 1.